The molecule has 0 bridgehead atoms. The summed E-state index contributed by atoms with van der Waals surface area (Å²) in [4.78, 5) is 7.60. The Morgan fingerprint density at radius 3 is 3.18 bits per heavy atom. The van der Waals surface area contributed by atoms with Gasteiger partial charge in [-0.15, -0.1) is 0 Å². The number of aromatic nitrogens is 2. The van der Waals surface area contributed by atoms with Crippen molar-refractivity contribution in [2.24, 2.45) is 0 Å². The van der Waals surface area contributed by atoms with Crippen molar-refractivity contribution < 1.29 is 9.94 Å². The van der Waals surface area contributed by atoms with E-state index in [4.69, 9.17) is 9.94 Å². The second-order valence-corrected chi connectivity index (χ2v) is 1.89. The SMILES string of the molecule is COc1ncncc1CNO. The zero-order valence-corrected chi connectivity index (χ0v) is 6.11. The summed E-state index contributed by atoms with van der Waals surface area (Å²) in [6.45, 7) is 0.282. The Morgan fingerprint density at radius 1 is 1.73 bits per heavy atom. The molecule has 5 heteroatoms. The highest BCUT2D eigenvalue weighted by atomic mass is 16.5. The van der Waals surface area contributed by atoms with Crippen LogP contribution >= 0.6 is 0 Å². The molecule has 0 aliphatic carbocycles. The van der Waals surface area contributed by atoms with Gasteiger partial charge < -0.3 is 9.94 Å². The van der Waals surface area contributed by atoms with E-state index < -0.39 is 0 Å². The lowest BCUT2D eigenvalue weighted by Crippen LogP contribution is -2.08. The Bertz CT molecular complexity index is 229. The Kier molecular flexibility index (Phi) is 2.76. The van der Waals surface area contributed by atoms with Crippen molar-refractivity contribution in [3.63, 3.8) is 0 Å². The molecule has 5 nitrogen and oxygen atoms in total. The van der Waals surface area contributed by atoms with Gasteiger partial charge in [-0.25, -0.2) is 15.4 Å². The molecule has 11 heavy (non-hydrogen) atoms. The molecule has 60 valence electrons. The molecule has 0 atom stereocenters. The van der Waals surface area contributed by atoms with Crippen LogP contribution in [0.4, 0.5) is 0 Å². The highest BCUT2D eigenvalue weighted by molar-refractivity contribution is 5.21. The van der Waals surface area contributed by atoms with Crippen LogP contribution in [0.5, 0.6) is 5.88 Å². The molecule has 0 saturated heterocycles. The highest BCUT2D eigenvalue weighted by Crippen LogP contribution is 2.10. The van der Waals surface area contributed by atoms with Crippen molar-refractivity contribution >= 4 is 0 Å². The molecule has 2 N–H and O–H groups in total. The monoisotopic (exact) mass is 155 g/mol. The average Bonchev–Trinajstić information content (AvgIpc) is 2.06. The first-order chi connectivity index (χ1) is 5.38. The van der Waals surface area contributed by atoms with Crippen LogP contribution in [0.3, 0.4) is 0 Å². The number of hydrogen-bond acceptors (Lipinski definition) is 5. The predicted octanol–water partition coefficient (Wildman–Crippen LogP) is -0.0360. The number of nitrogens with one attached hydrogen (secondary N) is 1. The fourth-order valence-electron chi connectivity index (χ4n) is 0.737. The first-order valence-corrected chi connectivity index (χ1v) is 3.08. The minimum absolute atomic E-state index is 0.282. The van der Waals surface area contributed by atoms with Crippen molar-refractivity contribution in [2.45, 2.75) is 6.54 Å². The van der Waals surface area contributed by atoms with Crippen molar-refractivity contribution in [1.82, 2.24) is 15.4 Å². The van der Waals surface area contributed by atoms with Crippen molar-refractivity contribution in [2.75, 3.05) is 7.11 Å². The molecule has 1 aromatic rings. The third-order valence-corrected chi connectivity index (χ3v) is 1.21. The molecule has 1 rings (SSSR count). The zero-order chi connectivity index (χ0) is 8.10. The quantitative estimate of drug-likeness (QED) is 0.600. The van der Waals surface area contributed by atoms with E-state index in [2.05, 4.69) is 9.97 Å². The average molecular weight is 155 g/mol. The largest absolute Gasteiger partial charge is 0.481 e. The van der Waals surface area contributed by atoms with E-state index >= 15 is 0 Å². The van der Waals surface area contributed by atoms with Gasteiger partial charge in [0, 0.05) is 11.8 Å². The Hall–Kier alpha value is -1.20. The van der Waals surface area contributed by atoms with Crippen LogP contribution in [-0.2, 0) is 6.54 Å². The maximum Gasteiger partial charge on any atom is 0.220 e. The summed E-state index contributed by atoms with van der Waals surface area (Å²) in [5, 5.41) is 8.38. The lowest BCUT2D eigenvalue weighted by atomic mass is 10.3. The van der Waals surface area contributed by atoms with E-state index in [9.17, 15) is 0 Å². The molecule has 0 saturated carbocycles. The van der Waals surface area contributed by atoms with Crippen LogP contribution in [0.2, 0.25) is 0 Å². The molecule has 0 radical (unpaired) electrons. The van der Waals surface area contributed by atoms with E-state index in [1.54, 1.807) is 6.20 Å². The summed E-state index contributed by atoms with van der Waals surface area (Å²) in [6.07, 6.45) is 2.97. The predicted molar refractivity (Wildman–Crippen MR) is 37.2 cm³/mol. The lowest BCUT2D eigenvalue weighted by Gasteiger charge is -2.03. The molecular formula is C6H9N3O2. The number of nitrogens with zero attached hydrogens (tertiary/aromatic N) is 2. The molecule has 0 aromatic carbocycles. The van der Waals surface area contributed by atoms with Gasteiger partial charge in [-0.05, 0) is 0 Å². The summed E-state index contributed by atoms with van der Waals surface area (Å²) >= 11 is 0. The van der Waals surface area contributed by atoms with Crippen molar-refractivity contribution in [3.05, 3.63) is 18.1 Å². The minimum Gasteiger partial charge on any atom is -0.481 e. The highest BCUT2D eigenvalue weighted by Gasteiger charge is 2.01. The summed E-state index contributed by atoms with van der Waals surface area (Å²) < 4.78 is 4.90. The number of ether oxygens (including phenoxy) is 1. The minimum atomic E-state index is 0.282. The molecule has 0 aliphatic rings. The maximum absolute atomic E-state index is 8.38. The van der Waals surface area contributed by atoms with Gasteiger partial charge in [-0.2, -0.15) is 0 Å². The van der Waals surface area contributed by atoms with E-state index in [1.165, 1.54) is 13.4 Å². The van der Waals surface area contributed by atoms with Crippen LogP contribution in [-0.4, -0.2) is 22.3 Å². The summed E-state index contributed by atoms with van der Waals surface area (Å²) in [7, 11) is 1.52. The van der Waals surface area contributed by atoms with Crippen LogP contribution in [0.1, 0.15) is 5.56 Å². The zero-order valence-electron chi connectivity index (χ0n) is 6.11. The molecular weight excluding hydrogens is 146 g/mol. The summed E-state index contributed by atoms with van der Waals surface area (Å²) in [5.74, 6) is 0.474. The van der Waals surface area contributed by atoms with Crippen LogP contribution in [0.25, 0.3) is 0 Å². The van der Waals surface area contributed by atoms with Crippen molar-refractivity contribution in [1.29, 1.82) is 0 Å². The van der Waals surface area contributed by atoms with Gasteiger partial charge in [0.05, 0.1) is 13.7 Å². The lowest BCUT2D eigenvalue weighted by molar-refractivity contribution is 0.159. The van der Waals surface area contributed by atoms with E-state index in [-0.39, 0.29) is 6.54 Å². The first kappa shape index (κ1) is 7.90. The standard InChI is InChI=1S/C6H9N3O2/c1-11-6-5(3-9-10)2-7-4-8-6/h2,4,9-10H,3H2,1H3. The van der Waals surface area contributed by atoms with Gasteiger partial charge in [-0.1, -0.05) is 0 Å². The first-order valence-electron chi connectivity index (χ1n) is 3.08. The number of rotatable bonds is 3. The Labute approximate surface area is 64.0 Å². The topological polar surface area (TPSA) is 67.3 Å². The second kappa shape index (κ2) is 3.85. The number of hydroxylamine groups is 1. The maximum atomic E-state index is 8.38. The summed E-state index contributed by atoms with van der Waals surface area (Å²) in [6, 6.07) is 0. The smallest absolute Gasteiger partial charge is 0.220 e. The van der Waals surface area contributed by atoms with E-state index in [0.29, 0.717) is 5.88 Å². The number of methoxy groups -OCH3 is 1. The molecule has 1 heterocycles. The molecule has 1 aromatic heterocycles. The van der Waals surface area contributed by atoms with Gasteiger partial charge in [0.25, 0.3) is 0 Å². The van der Waals surface area contributed by atoms with Crippen LogP contribution < -0.4 is 10.2 Å². The molecule has 0 fully saturated rings. The van der Waals surface area contributed by atoms with Crippen LogP contribution in [0.15, 0.2) is 12.5 Å². The normalized spacial score (nSPS) is 9.64. The Morgan fingerprint density at radius 2 is 2.55 bits per heavy atom. The van der Waals surface area contributed by atoms with Gasteiger partial charge >= 0.3 is 0 Å². The molecule has 0 aliphatic heterocycles. The van der Waals surface area contributed by atoms with Gasteiger partial charge in [-0.3, -0.25) is 0 Å². The molecule has 0 amide bonds. The van der Waals surface area contributed by atoms with Gasteiger partial charge in [0.1, 0.15) is 6.33 Å². The molecule has 0 unspecified atom stereocenters. The second-order valence-electron chi connectivity index (χ2n) is 1.89. The molecule has 0 spiro atoms. The fourth-order valence-corrected chi connectivity index (χ4v) is 0.737. The Balaban J connectivity index is 2.83. The fraction of sp³-hybridized carbons (Fsp3) is 0.333. The summed E-state index contributed by atoms with van der Waals surface area (Å²) in [5.41, 5.74) is 2.72. The van der Waals surface area contributed by atoms with E-state index in [0.717, 1.165) is 5.56 Å². The third-order valence-electron chi connectivity index (χ3n) is 1.21. The number of hydrogen-bond donors (Lipinski definition) is 2. The van der Waals surface area contributed by atoms with Gasteiger partial charge in [0.2, 0.25) is 5.88 Å². The third kappa shape index (κ3) is 1.86. The van der Waals surface area contributed by atoms with E-state index in [1.807, 2.05) is 5.48 Å². The van der Waals surface area contributed by atoms with Crippen LogP contribution in [0, 0.1) is 0 Å². The van der Waals surface area contributed by atoms with Crippen molar-refractivity contribution in [3.8, 4) is 5.88 Å². The van der Waals surface area contributed by atoms with Gasteiger partial charge in [0.15, 0.2) is 0 Å².